The van der Waals surface area contributed by atoms with Gasteiger partial charge in [0.05, 0.1) is 0 Å². The molecular formula is C5H4NNaO2S. The fourth-order valence-corrected chi connectivity index (χ4v) is 0.585. The Kier molecular flexibility index (Phi) is 3.96. The van der Waals surface area contributed by atoms with Gasteiger partial charge in [0.2, 0.25) is 0 Å². The van der Waals surface area contributed by atoms with Crippen molar-refractivity contribution in [2.75, 3.05) is 0 Å². The maximum Gasteiger partial charge on any atom is 1.00 e. The third kappa shape index (κ3) is 1.98. The number of thiocarbonyl (C=S) groups is 1. The minimum atomic E-state index is -0.400. The summed E-state index contributed by atoms with van der Waals surface area (Å²) in [6.45, 7) is 0. The van der Waals surface area contributed by atoms with Gasteiger partial charge in [-0.2, -0.15) is 4.74 Å². The van der Waals surface area contributed by atoms with Gasteiger partial charge in [-0.15, -0.1) is 0 Å². The smallest absolute Gasteiger partial charge is 1.00 e. The van der Waals surface area contributed by atoms with E-state index < -0.39 is 5.78 Å². The van der Waals surface area contributed by atoms with E-state index in [-0.39, 0.29) is 36.0 Å². The molecule has 1 rings (SSSR count). The Labute approximate surface area is 86.8 Å². The second kappa shape index (κ2) is 3.98. The van der Waals surface area contributed by atoms with Crippen molar-refractivity contribution in [3.63, 3.8) is 0 Å². The molecule has 0 fully saturated rings. The molecular weight excluding hydrogens is 161 g/mol. The fraction of sp³-hybridized carbons (Fsp3) is 0. The van der Waals surface area contributed by atoms with Crippen LogP contribution in [0.4, 0.5) is 0 Å². The van der Waals surface area contributed by atoms with Crippen LogP contribution in [-0.2, 0) is 4.79 Å². The number of ketones is 1. The first-order valence-electron chi connectivity index (χ1n) is 2.28. The summed E-state index contributed by atoms with van der Waals surface area (Å²) in [7, 11) is 0. The number of hydroxylamine groups is 1. The van der Waals surface area contributed by atoms with Crippen molar-refractivity contribution in [2.45, 2.75) is 0 Å². The fourth-order valence-electron chi connectivity index (χ4n) is 0.456. The summed E-state index contributed by atoms with van der Waals surface area (Å²) in [4.78, 5) is 10.3. The summed E-state index contributed by atoms with van der Waals surface area (Å²) in [5, 5.41) is 10.5. The van der Waals surface area contributed by atoms with E-state index in [0.29, 0.717) is 4.74 Å². The SMILES string of the molecule is O=C1C=CC=[N+]([O-])C1=S.[H-].[Na+]. The van der Waals surface area contributed by atoms with Crippen molar-refractivity contribution in [2.24, 2.45) is 0 Å². The van der Waals surface area contributed by atoms with Gasteiger partial charge >= 0.3 is 34.5 Å². The average molecular weight is 165 g/mol. The molecule has 0 unspecified atom stereocenters. The monoisotopic (exact) mass is 165 g/mol. The van der Waals surface area contributed by atoms with Crippen LogP contribution in [0.15, 0.2) is 12.2 Å². The molecule has 0 atom stereocenters. The van der Waals surface area contributed by atoms with Crippen LogP contribution in [0.5, 0.6) is 0 Å². The molecule has 1 aliphatic rings. The van der Waals surface area contributed by atoms with Crippen LogP contribution in [0, 0.1) is 5.21 Å². The molecule has 0 saturated heterocycles. The van der Waals surface area contributed by atoms with Crippen LogP contribution in [-0.4, -0.2) is 21.7 Å². The average Bonchev–Trinajstić information content (AvgIpc) is 1.83. The van der Waals surface area contributed by atoms with Crippen LogP contribution in [0.1, 0.15) is 1.43 Å². The molecule has 1 aliphatic heterocycles. The Balaban J connectivity index is 0. The van der Waals surface area contributed by atoms with Crippen LogP contribution < -0.4 is 29.6 Å². The summed E-state index contributed by atoms with van der Waals surface area (Å²) in [5.74, 6) is -0.400. The van der Waals surface area contributed by atoms with Gasteiger partial charge in [-0.3, -0.25) is 4.79 Å². The summed E-state index contributed by atoms with van der Waals surface area (Å²) in [5.41, 5.74) is 0. The molecule has 0 amide bonds. The molecule has 0 aromatic heterocycles. The van der Waals surface area contributed by atoms with Crippen molar-refractivity contribution in [1.29, 1.82) is 0 Å². The Morgan fingerprint density at radius 2 is 2.30 bits per heavy atom. The largest absolute Gasteiger partial charge is 1.00 e. The predicted molar refractivity (Wildman–Crippen MR) is 37.5 cm³/mol. The summed E-state index contributed by atoms with van der Waals surface area (Å²) >= 11 is 4.43. The Morgan fingerprint density at radius 1 is 1.70 bits per heavy atom. The Bertz CT molecular complexity index is 239. The van der Waals surface area contributed by atoms with Crippen molar-refractivity contribution in [1.82, 2.24) is 0 Å². The van der Waals surface area contributed by atoms with Gasteiger partial charge in [0, 0.05) is 6.08 Å². The third-order valence-electron chi connectivity index (χ3n) is 0.880. The molecule has 0 N–H and O–H groups in total. The summed E-state index contributed by atoms with van der Waals surface area (Å²) in [6, 6.07) is 0. The first kappa shape index (κ1) is 9.97. The van der Waals surface area contributed by atoms with Crippen LogP contribution in [0.25, 0.3) is 0 Å². The second-order valence-corrected chi connectivity index (χ2v) is 1.89. The molecule has 0 saturated carbocycles. The number of carbonyl (C=O) groups is 1. The molecule has 0 aromatic rings. The molecule has 1 heterocycles. The maximum atomic E-state index is 10.5. The standard InChI is InChI=1S/C5H3NO2S.Na.H/c7-4-2-1-3-6(8)5(4)9;;/h1-3H;;/q;+1;-1. The number of rotatable bonds is 0. The van der Waals surface area contributed by atoms with Crippen LogP contribution >= 0.6 is 12.2 Å². The van der Waals surface area contributed by atoms with Crippen LogP contribution in [0.2, 0.25) is 0 Å². The summed E-state index contributed by atoms with van der Waals surface area (Å²) < 4.78 is 0.373. The molecule has 0 aliphatic carbocycles. The number of carbonyl (C=O) groups excluding carboxylic acids is 1. The zero-order valence-electron chi connectivity index (χ0n) is 6.40. The van der Waals surface area contributed by atoms with Crippen LogP contribution in [0.3, 0.4) is 0 Å². The topological polar surface area (TPSA) is 43.1 Å². The van der Waals surface area contributed by atoms with E-state index in [2.05, 4.69) is 12.2 Å². The number of hydrogen-bond donors (Lipinski definition) is 0. The van der Waals surface area contributed by atoms with E-state index in [1.807, 2.05) is 0 Å². The van der Waals surface area contributed by atoms with Gasteiger partial charge in [-0.05, 0) is 18.3 Å². The second-order valence-electron chi connectivity index (χ2n) is 1.50. The van der Waals surface area contributed by atoms with Gasteiger partial charge in [0.25, 0.3) is 5.78 Å². The van der Waals surface area contributed by atoms with Gasteiger partial charge < -0.3 is 6.63 Å². The molecule has 0 spiro atoms. The zero-order valence-corrected chi connectivity index (χ0v) is 8.22. The minimum Gasteiger partial charge on any atom is -1.00 e. The molecule has 48 valence electrons. The molecule has 10 heavy (non-hydrogen) atoms. The molecule has 0 bridgehead atoms. The van der Waals surface area contributed by atoms with Crippen molar-refractivity contribution in [3.8, 4) is 0 Å². The van der Waals surface area contributed by atoms with E-state index >= 15 is 0 Å². The van der Waals surface area contributed by atoms with Gasteiger partial charge in [-0.1, -0.05) is 0 Å². The third-order valence-corrected chi connectivity index (χ3v) is 1.26. The van der Waals surface area contributed by atoms with E-state index in [9.17, 15) is 10.0 Å². The molecule has 0 aromatic carbocycles. The zero-order chi connectivity index (χ0) is 6.85. The molecule has 0 radical (unpaired) electrons. The van der Waals surface area contributed by atoms with E-state index in [1.54, 1.807) is 0 Å². The normalized spacial score (nSPS) is 16.2. The van der Waals surface area contributed by atoms with Gasteiger partial charge in [0.15, 0.2) is 6.21 Å². The number of nitrogens with zero attached hydrogens (tertiary/aromatic N) is 1. The molecule has 3 nitrogen and oxygen atoms in total. The maximum absolute atomic E-state index is 10.5. The Hall–Kier alpha value is -0.0300. The summed E-state index contributed by atoms with van der Waals surface area (Å²) in [6.07, 6.45) is 3.82. The van der Waals surface area contributed by atoms with Crippen molar-refractivity contribution < 1.29 is 40.5 Å². The van der Waals surface area contributed by atoms with Crippen molar-refractivity contribution >= 4 is 29.2 Å². The predicted octanol–water partition coefficient (Wildman–Crippen LogP) is -2.85. The first-order chi connectivity index (χ1) is 4.22. The number of allylic oxidation sites excluding steroid dienone is 1. The van der Waals surface area contributed by atoms with E-state index in [0.717, 1.165) is 0 Å². The molecule has 5 heteroatoms. The Morgan fingerprint density at radius 3 is 2.70 bits per heavy atom. The van der Waals surface area contributed by atoms with E-state index in [4.69, 9.17) is 0 Å². The first-order valence-corrected chi connectivity index (χ1v) is 2.69. The minimum absolute atomic E-state index is 0. The van der Waals surface area contributed by atoms with Gasteiger partial charge in [-0.25, -0.2) is 0 Å². The quantitative estimate of drug-likeness (QED) is 0.168. The number of hydrogen-bond acceptors (Lipinski definition) is 3. The van der Waals surface area contributed by atoms with Gasteiger partial charge in [0.1, 0.15) is 0 Å². The van der Waals surface area contributed by atoms with Crippen molar-refractivity contribution in [3.05, 3.63) is 17.4 Å². The van der Waals surface area contributed by atoms with E-state index in [1.165, 1.54) is 18.4 Å².